The van der Waals surface area contributed by atoms with Crippen molar-refractivity contribution < 1.29 is 9.59 Å². The lowest BCUT2D eigenvalue weighted by atomic mass is 9.96. The van der Waals surface area contributed by atoms with Crippen LogP contribution in [0.2, 0.25) is 0 Å². The van der Waals surface area contributed by atoms with E-state index in [2.05, 4.69) is 52.6 Å². The van der Waals surface area contributed by atoms with Gasteiger partial charge in [-0.1, -0.05) is 24.3 Å². The molecule has 6 heteroatoms. The molecule has 1 aliphatic heterocycles. The number of hydrogen-bond acceptors (Lipinski definition) is 4. The monoisotopic (exact) mass is 361 g/mol. The Morgan fingerprint density at radius 2 is 1.92 bits per heavy atom. The van der Waals surface area contributed by atoms with Crippen LogP contribution in [0, 0.1) is 5.92 Å². The average Bonchev–Trinajstić information content (AvgIpc) is 2.65. The molecule has 0 aromatic heterocycles. The minimum Gasteiger partial charge on any atom is -0.348 e. The van der Waals surface area contributed by atoms with Crippen molar-refractivity contribution in [3.05, 3.63) is 42.5 Å². The standard InChI is InChI=1S/C19H27N3O2S/c1-3-10-20-18(23)19(24)21-13-15-8-11-22(12-9-15)14-16-6-4-5-7-17(16)25-2/h3-7,15H,1,8-14H2,2H3,(H,20,23)(H,21,24). The Balaban J connectivity index is 1.72. The van der Waals surface area contributed by atoms with Crippen LogP contribution in [-0.4, -0.2) is 49.1 Å². The van der Waals surface area contributed by atoms with Gasteiger partial charge in [0.25, 0.3) is 0 Å². The van der Waals surface area contributed by atoms with E-state index in [0.29, 0.717) is 19.0 Å². The van der Waals surface area contributed by atoms with Gasteiger partial charge in [-0.15, -0.1) is 18.3 Å². The van der Waals surface area contributed by atoms with Crippen molar-refractivity contribution >= 4 is 23.6 Å². The second kappa shape index (κ2) is 10.3. The van der Waals surface area contributed by atoms with E-state index in [9.17, 15) is 9.59 Å². The maximum atomic E-state index is 11.7. The van der Waals surface area contributed by atoms with Crippen LogP contribution in [0.4, 0.5) is 0 Å². The van der Waals surface area contributed by atoms with Crippen LogP contribution in [0.1, 0.15) is 18.4 Å². The van der Waals surface area contributed by atoms with Gasteiger partial charge in [0.05, 0.1) is 0 Å². The molecule has 136 valence electrons. The van der Waals surface area contributed by atoms with Crippen LogP contribution in [0.15, 0.2) is 41.8 Å². The van der Waals surface area contributed by atoms with Crippen molar-refractivity contribution in [3.63, 3.8) is 0 Å². The molecule has 5 nitrogen and oxygen atoms in total. The lowest BCUT2D eigenvalue weighted by Gasteiger charge is -2.32. The first-order chi connectivity index (χ1) is 12.1. The van der Waals surface area contributed by atoms with Gasteiger partial charge in [-0.05, 0) is 49.7 Å². The summed E-state index contributed by atoms with van der Waals surface area (Å²) in [6, 6.07) is 8.53. The summed E-state index contributed by atoms with van der Waals surface area (Å²) in [5.74, 6) is -0.715. The number of rotatable bonds is 7. The van der Waals surface area contributed by atoms with Gasteiger partial charge in [0, 0.05) is 24.5 Å². The molecule has 2 rings (SSSR count). The molecular weight excluding hydrogens is 334 g/mol. The van der Waals surface area contributed by atoms with Crippen LogP contribution in [0.25, 0.3) is 0 Å². The molecule has 1 saturated heterocycles. The summed E-state index contributed by atoms with van der Waals surface area (Å²) >= 11 is 1.79. The third-order valence-corrected chi connectivity index (χ3v) is 5.30. The number of nitrogens with zero attached hydrogens (tertiary/aromatic N) is 1. The maximum absolute atomic E-state index is 11.7. The summed E-state index contributed by atoms with van der Waals surface area (Å²) in [5.41, 5.74) is 1.38. The van der Waals surface area contributed by atoms with Gasteiger partial charge in [0.1, 0.15) is 0 Å². The van der Waals surface area contributed by atoms with Crippen molar-refractivity contribution in [1.82, 2.24) is 15.5 Å². The number of nitrogens with one attached hydrogen (secondary N) is 2. The zero-order valence-corrected chi connectivity index (χ0v) is 15.6. The van der Waals surface area contributed by atoms with Crippen molar-refractivity contribution in [1.29, 1.82) is 0 Å². The van der Waals surface area contributed by atoms with E-state index in [1.807, 2.05) is 0 Å². The SMILES string of the molecule is C=CCNC(=O)C(=O)NCC1CCN(Cc2ccccc2SC)CC1. The number of benzene rings is 1. The number of likely N-dealkylation sites (tertiary alicyclic amines) is 1. The quantitative estimate of drug-likeness (QED) is 0.443. The molecule has 1 fully saturated rings. The molecule has 0 aliphatic carbocycles. The lowest BCUT2D eigenvalue weighted by Crippen LogP contribution is -2.43. The van der Waals surface area contributed by atoms with Gasteiger partial charge < -0.3 is 10.6 Å². The third kappa shape index (κ3) is 6.21. The van der Waals surface area contributed by atoms with E-state index >= 15 is 0 Å². The van der Waals surface area contributed by atoms with Crippen LogP contribution >= 0.6 is 11.8 Å². The number of amides is 2. The Morgan fingerprint density at radius 1 is 1.24 bits per heavy atom. The molecule has 1 aromatic rings. The normalized spacial score (nSPS) is 15.6. The zero-order chi connectivity index (χ0) is 18.1. The largest absolute Gasteiger partial charge is 0.348 e. The Bertz CT molecular complexity index is 598. The highest BCUT2D eigenvalue weighted by Crippen LogP contribution is 2.24. The fraction of sp³-hybridized carbons (Fsp3) is 0.474. The van der Waals surface area contributed by atoms with E-state index in [0.717, 1.165) is 32.5 Å². The number of carbonyl (C=O) groups is 2. The first-order valence-electron chi connectivity index (χ1n) is 8.65. The van der Waals surface area contributed by atoms with Crippen LogP contribution in [-0.2, 0) is 16.1 Å². The minimum absolute atomic E-state index is 0.308. The van der Waals surface area contributed by atoms with Crippen molar-refractivity contribution in [2.45, 2.75) is 24.3 Å². The summed E-state index contributed by atoms with van der Waals surface area (Å²) in [6.07, 6.45) is 5.74. The molecule has 1 heterocycles. The number of hydrogen-bond donors (Lipinski definition) is 2. The molecule has 0 atom stereocenters. The highest BCUT2D eigenvalue weighted by atomic mass is 32.2. The highest BCUT2D eigenvalue weighted by molar-refractivity contribution is 7.98. The molecule has 25 heavy (non-hydrogen) atoms. The number of piperidine rings is 1. The van der Waals surface area contributed by atoms with E-state index in [1.165, 1.54) is 10.5 Å². The summed E-state index contributed by atoms with van der Waals surface area (Å²) in [7, 11) is 0. The summed E-state index contributed by atoms with van der Waals surface area (Å²) < 4.78 is 0. The van der Waals surface area contributed by atoms with E-state index in [1.54, 1.807) is 17.8 Å². The first kappa shape index (κ1) is 19.5. The number of thioether (sulfide) groups is 1. The Morgan fingerprint density at radius 3 is 2.60 bits per heavy atom. The molecular formula is C19H27N3O2S. The molecule has 2 amide bonds. The second-order valence-electron chi connectivity index (χ2n) is 6.24. The van der Waals surface area contributed by atoms with Crippen molar-refractivity contribution in [2.24, 2.45) is 5.92 Å². The molecule has 0 radical (unpaired) electrons. The zero-order valence-electron chi connectivity index (χ0n) is 14.8. The smallest absolute Gasteiger partial charge is 0.309 e. The maximum Gasteiger partial charge on any atom is 0.309 e. The molecule has 0 spiro atoms. The molecule has 0 saturated carbocycles. The molecule has 1 aliphatic rings. The Labute approximate surface area is 154 Å². The predicted octanol–water partition coefficient (Wildman–Crippen LogP) is 2.04. The Kier molecular flexibility index (Phi) is 8.01. The molecule has 0 unspecified atom stereocenters. The van der Waals surface area contributed by atoms with Gasteiger partial charge in [-0.25, -0.2) is 0 Å². The summed E-state index contributed by atoms with van der Waals surface area (Å²) in [6.45, 7) is 7.39. The fourth-order valence-corrected chi connectivity index (χ4v) is 3.60. The van der Waals surface area contributed by atoms with Crippen molar-refractivity contribution in [3.8, 4) is 0 Å². The Hall–Kier alpha value is -1.79. The summed E-state index contributed by atoms with van der Waals surface area (Å²) in [5, 5.41) is 5.22. The van der Waals surface area contributed by atoms with Crippen LogP contribution in [0.5, 0.6) is 0 Å². The van der Waals surface area contributed by atoms with Gasteiger partial charge >= 0.3 is 11.8 Å². The molecule has 1 aromatic carbocycles. The highest BCUT2D eigenvalue weighted by Gasteiger charge is 2.21. The molecule has 2 N–H and O–H groups in total. The van der Waals surface area contributed by atoms with Gasteiger partial charge in [-0.2, -0.15) is 0 Å². The van der Waals surface area contributed by atoms with Crippen LogP contribution < -0.4 is 10.6 Å². The number of carbonyl (C=O) groups excluding carboxylic acids is 2. The van der Waals surface area contributed by atoms with E-state index in [-0.39, 0.29) is 0 Å². The van der Waals surface area contributed by atoms with E-state index in [4.69, 9.17) is 0 Å². The summed E-state index contributed by atoms with van der Waals surface area (Å²) in [4.78, 5) is 27.0. The van der Waals surface area contributed by atoms with Gasteiger partial charge in [0.2, 0.25) is 0 Å². The molecule has 0 bridgehead atoms. The first-order valence-corrected chi connectivity index (χ1v) is 9.87. The van der Waals surface area contributed by atoms with Crippen molar-refractivity contribution in [2.75, 3.05) is 32.4 Å². The van der Waals surface area contributed by atoms with E-state index < -0.39 is 11.8 Å². The predicted molar refractivity (Wildman–Crippen MR) is 102 cm³/mol. The second-order valence-corrected chi connectivity index (χ2v) is 7.09. The lowest BCUT2D eigenvalue weighted by molar-refractivity contribution is -0.139. The van der Waals surface area contributed by atoms with Crippen LogP contribution in [0.3, 0.4) is 0 Å². The fourth-order valence-electron chi connectivity index (χ4n) is 2.99. The average molecular weight is 362 g/mol. The topological polar surface area (TPSA) is 61.4 Å². The van der Waals surface area contributed by atoms with Gasteiger partial charge in [-0.3, -0.25) is 14.5 Å². The van der Waals surface area contributed by atoms with Gasteiger partial charge in [0.15, 0.2) is 0 Å². The third-order valence-electron chi connectivity index (χ3n) is 4.46. The minimum atomic E-state index is -0.592.